The minimum Gasteiger partial charge on any atom is -0.276 e. The van der Waals surface area contributed by atoms with E-state index in [4.69, 9.17) is 11.6 Å². The highest BCUT2D eigenvalue weighted by Crippen LogP contribution is 2.34. The molecule has 0 spiro atoms. The van der Waals surface area contributed by atoms with E-state index >= 15 is 0 Å². The van der Waals surface area contributed by atoms with E-state index in [0.717, 1.165) is 12.5 Å². The topological polar surface area (TPSA) is 17.1 Å². The average Bonchev–Trinajstić information content (AvgIpc) is 2.23. The second kappa shape index (κ2) is 5.74. The fourth-order valence-corrected chi connectivity index (χ4v) is 2.02. The lowest BCUT2D eigenvalue weighted by Crippen LogP contribution is -2.12. The maximum Gasteiger partial charge on any atom is 0.416 e. The van der Waals surface area contributed by atoms with Crippen LogP contribution in [-0.2, 0) is 12.6 Å². The number of hydrogen-bond acceptors (Lipinski definition) is 1. The van der Waals surface area contributed by atoms with Gasteiger partial charge < -0.3 is 0 Å². The Labute approximate surface area is 109 Å². The molecule has 0 heterocycles. The Bertz CT molecular complexity index is 452. The van der Waals surface area contributed by atoms with Crippen molar-refractivity contribution in [3.05, 3.63) is 34.4 Å². The summed E-state index contributed by atoms with van der Waals surface area (Å²) in [6, 6.07) is 2.27. The third-order valence-corrected chi connectivity index (χ3v) is 2.97. The van der Waals surface area contributed by atoms with Gasteiger partial charge in [0.15, 0.2) is 0 Å². The fraction of sp³-hybridized carbons (Fsp3) is 0.462. The first-order valence-electron chi connectivity index (χ1n) is 5.68. The Morgan fingerprint density at radius 3 is 2.39 bits per heavy atom. The van der Waals surface area contributed by atoms with Gasteiger partial charge in [0, 0.05) is 5.56 Å². The summed E-state index contributed by atoms with van der Waals surface area (Å²) in [5.41, 5.74) is -0.132. The lowest BCUT2D eigenvalue weighted by molar-refractivity contribution is -0.138. The minimum atomic E-state index is -4.46. The van der Waals surface area contributed by atoms with Gasteiger partial charge in [-0.25, -0.2) is 0 Å². The van der Waals surface area contributed by atoms with E-state index in [1.54, 1.807) is 6.92 Å². The number of carbonyl (C=O) groups excluding carboxylic acids is 1. The van der Waals surface area contributed by atoms with Crippen molar-refractivity contribution in [3.8, 4) is 0 Å². The predicted octanol–water partition coefficient (Wildman–Crippen LogP) is 4.74. The quantitative estimate of drug-likeness (QED) is 0.727. The SMILES string of the molecule is CCCCc1cc(C)c(C(=O)Cl)cc1C(F)(F)F. The van der Waals surface area contributed by atoms with Crippen LogP contribution in [0.5, 0.6) is 0 Å². The van der Waals surface area contributed by atoms with Gasteiger partial charge >= 0.3 is 6.18 Å². The second-order valence-electron chi connectivity index (χ2n) is 4.20. The fourth-order valence-electron chi connectivity index (χ4n) is 1.82. The largest absolute Gasteiger partial charge is 0.416 e. The predicted molar refractivity (Wildman–Crippen MR) is 65.0 cm³/mol. The van der Waals surface area contributed by atoms with Crippen molar-refractivity contribution in [2.75, 3.05) is 0 Å². The second-order valence-corrected chi connectivity index (χ2v) is 4.54. The van der Waals surface area contributed by atoms with E-state index in [1.165, 1.54) is 6.07 Å². The van der Waals surface area contributed by atoms with Crippen molar-refractivity contribution in [2.24, 2.45) is 0 Å². The molecule has 1 rings (SSSR count). The van der Waals surface area contributed by atoms with Crippen LogP contribution in [0.15, 0.2) is 12.1 Å². The molecule has 1 aromatic rings. The van der Waals surface area contributed by atoms with Crippen LogP contribution in [0, 0.1) is 6.92 Å². The molecule has 0 saturated heterocycles. The lowest BCUT2D eigenvalue weighted by Gasteiger charge is -2.15. The van der Waals surface area contributed by atoms with Gasteiger partial charge in [-0.05, 0) is 48.6 Å². The van der Waals surface area contributed by atoms with Crippen LogP contribution in [0.25, 0.3) is 0 Å². The summed E-state index contributed by atoms with van der Waals surface area (Å²) in [5, 5.41) is -0.861. The molecule has 0 unspecified atom stereocenters. The number of carbonyl (C=O) groups is 1. The summed E-state index contributed by atoms with van der Waals surface area (Å²) in [6.45, 7) is 3.50. The van der Waals surface area contributed by atoms with Crippen LogP contribution in [0.3, 0.4) is 0 Å². The molecule has 1 nitrogen and oxygen atoms in total. The third kappa shape index (κ3) is 3.48. The van der Waals surface area contributed by atoms with Crippen LogP contribution in [0.4, 0.5) is 13.2 Å². The molecule has 0 bridgehead atoms. The molecule has 0 fully saturated rings. The molecule has 0 atom stereocenters. The Morgan fingerprint density at radius 2 is 1.94 bits per heavy atom. The maximum atomic E-state index is 12.9. The first-order valence-corrected chi connectivity index (χ1v) is 6.05. The van der Waals surface area contributed by atoms with Gasteiger partial charge in [0.2, 0.25) is 0 Å². The van der Waals surface area contributed by atoms with Crippen LogP contribution in [0.2, 0.25) is 0 Å². The van der Waals surface area contributed by atoms with Crippen LogP contribution < -0.4 is 0 Å². The number of rotatable bonds is 4. The van der Waals surface area contributed by atoms with E-state index in [9.17, 15) is 18.0 Å². The highest BCUT2D eigenvalue weighted by atomic mass is 35.5. The number of halogens is 4. The van der Waals surface area contributed by atoms with Gasteiger partial charge in [0.05, 0.1) is 5.56 Å². The van der Waals surface area contributed by atoms with Gasteiger partial charge in [0.1, 0.15) is 0 Å². The molecule has 0 aliphatic carbocycles. The van der Waals surface area contributed by atoms with Gasteiger partial charge in [-0.1, -0.05) is 19.4 Å². The normalized spacial score (nSPS) is 11.7. The number of unbranched alkanes of at least 4 members (excludes halogenated alkanes) is 1. The minimum absolute atomic E-state index is 0.0794. The van der Waals surface area contributed by atoms with Crippen molar-refractivity contribution < 1.29 is 18.0 Å². The van der Waals surface area contributed by atoms with Crippen molar-refractivity contribution in [1.29, 1.82) is 0 Å². The summed E-state index contributed by atoms with van der Waals surface area (Å²) < 4.78 is 38.7. The summed E-state index contributed by atoms with van der Waals surface area (Å²) in [4.78, 5) is 11.1. The van der Waals surface area contributed by atoms with Crippen molar-refractivity contribution >= 4 is 16.8 Å². The molecule has 5 heteroatoms. The summed E-state index contributed by atoms with van der Waals surface area (Å²) in [6.07, 6.45) is -2.62. The zero-order chi connectivity index (χ0) is 13.9. The molecule has 0 aliphatic heterocycles. The molecule has 1 aromatic carbocycles. The van der Waals surface area contributed by atoms with E-state index in [-0.39, 0.29) is 11.1 Å². The van der Waals surface area contributed by atoms with E-state index < -0.39 is 17.0 Å². The molecule has 0 aromatic heterocycles. The Morgan fingerprint density at radius 1 is 1.33 bits per heavy atom. The van der Waals surface area contributed by atoms with Crippen molar-refractivity contribution in [2.45, 2.75) is 39.3 Å². The monoisotopic (exact) mass is 278 g/mol. The number of alkyl halides is 3. The van der Waals surface area contributed by atoms with E-state index in [0.29, 0.717) is 18.4 Å². The average molecular weight is 279 g/mol. The highest BCUT2D eigenvalue weighted by Gasteiger charge is 2.34. The van der Waals surface area contributed by atoms with Gasteiger partial charge in [0.25, 0.3) is 5.24 Å². The lowest BCUT2D eigenvalue weighted by atomic mass is 9.96. The first kappa shape index (κ1) is 15.0. The van der Waals surface area contributed by atoms with Crippen LogP contribution in [0.1, 0.15) is 46.8 Å². The maximum absolute atomic E-state index is 12.9. The van der Waals surface area contributed by atoms with Gasteiger partial charge in [-0.3, -0.25) is 4.79 Å². The molecular formula is C13H14ClF3O. The zero-order valence-electron chi connectivity index (χ0n) is 10.2. The van der Waals surface area contributed by atoms with Crippen LogP contribution >= 0.6 is 11.6 Å². The molecule has 18 heavy (non-hydrogen) atoms. The summed E-state index contributed by atoms with van der Waals surface area (Å²) in [5.74, 6) is 0. The molecule has 0 saturated carbocycles. The molecule has 0 amide bonds. The third-order valence-electron chi connectivity index (χ3n) is 2.77. The number of benzene rings is 1. The van der Waals surface area contributed by atoms with Crippen molar-refractivity contribution in [3.63, 3.8) is 0 Å². The summed E-state index contributed by atoms with van der Waals surface area (Å²) >= 11 is 5.28. The highest BCUT2D eigenvalue weighted by molar-refractivity contribution is 6.67. The standard InChI is InChI=1S/C13H14ClF3O/c1-3-4-5-9-6-8(2)10(12(14)18)7-11(9)13(15,16)17/h6-7H,3-5H2,1-2H3. The van der Waals surface area contributed by atoms with Gasteiger partial charge in [-0.2, -0.15) is 13.2 Å². The van der Waals surface area contributed by atoms with E-state index in [1.807, 2.05) is 6.92 Å². The first-order chi connectivity index (χ1) is 8.27. The zero-order valence-corrected chi connectivity index (χ0v) is 11.0. The Balaban J connectivity index is 3.33. The Hall–Kier alpha value is -1.03. The summed E-state index contributed by atoms with van der Waals surface area (Å²) in [7, 11) is 0. The molecule has 100 valence electrons. The van der Waals surface area contributed by atoms with E-state index in [2.05, 4.69) is 0 Å². The van der Waals surface area contributed by atoms with Crippen LogP contribution in [-0.4, -0.2) is 5.24 Å². The van der Waals surface area contributed by atoms with Gasteiger partial charge in [-0.15, -0.1) is 0 Å². The molecule has 0 aliphatic rings. The Kier molecular flexibility index (Phi) is 4.79. The molecule has 0 radical (unpaired) electrons. The number of hydrogen-bond donors (Lipinski definition) is 0. The molecular weight excluding hydrogens is 265 g/mol. The molecule has 0 N–H and O–H groups in total. The smallest absolute Gasteiger partial charge is 0.276 e. The number of aryl methyl sites for hydroxylation is 2. The van der Waals surface area contributed by atoms with Crippen molar-refractivity contribution in [1.82, 2.24) is 0 Å².